The van der Waals surface area contributed by atoms with Crippen molar-refractivity contribution < 1.29 is 0 Å². The van der Waals surface area contributed by atoms with Crippen LogP contribution in [0.2, 0.25) is 0 Å². The monoisotopic (exact) mass is 258 g/mol. The second kappa shape index (κ2) is 4.05. The highest BCUT2D eigenvalue weighted by Gasteiger charge is 2.25. The molecule has 1 unspecified atom stereocenters. The summed E-state index contributed by atoms with van der Waals surface area (Å²) in [4.78, 5) is 0. The molecular weight excluding hydrogens is 244 g/mol. The van der Waals surface area contributed by atoms with Crippen LogP contribution in [0.25, 0.3) is 0 Å². The molecule has 1 rings (SSSR count). The van der Waals surface area contributed by atoms with Crippen molar-refractivity contribution in [2.75, 3.05) is 0 Å². The van der Waals surface area contributed by atoms with Gasteiger partial charge in [0, 0.05) is 15.1 Å². The molecular formula is C11H15BrS. The van der Waals surface area contributed by atoms with Crippen molar-refractivity contribution in [2.24, 2.45) is 0 Å². The molecule has 72 valence electrons. The summed E-state index contributed by atoms with van der Waals surface area (Å²) in [6.45, 7) is 6.56. The van der Waals surface area contributed by atoms with Crippen LogP contribution in [0.3, 0.4) is 0 Å². The van der Waals surface area contributed by atoms with E-state index in [9.17, 15) is 0 Å². The van der Waals surface area contributed by atoms with Gasteiger partial charge in [-0.1, -0.05) is 48.8 Å². The fraction of sp³-hybridized carbons (Fsp3) is 0.455. The second-order valence-corrected chi connectivity index (χ2v) is 5.60. The van der Waals surface area contributed by atoms with Gasteiger partial charge in [-0.3, -0.25) is 0 Å². The summed E-state index contributed by atoms with van der Waals surface area (Å²) in [5, 5.41) is 0.349. The minimum Gasteiger partial charge on any atom is -0.175 e. The van der Waals surface area contributed by atoms with Gasteiger partial charge in [-0.25, -0.2) is 0 Å². The van der Waals surface area contributed by atoms with E-state index in [0.717, 1.165) is 4.47 Å². The standard InChI is InChI=1S/C11H15BrS/c1-8(13)11(2,3)9-5-4-6-10(12)7-9/h4-8,13H,1-3H3. The van der Waals surface area contributed by atoms with Crippen molar-refractivity contribution >= 4 is 28.6 Å². The molecule has 0 spiro atoms. The maximum Gasteiger partial charge on any atom is 0.0178 e. The van der Waals surface area contributed by atoms with E-state index in [4.69, 9.17) is 0 Å². The van der Waals surface area contributed by atoms with Gasteiger partial charge >= 0.3 is 0 Å². The summed E-state index contributed by atoms with van der Waals surface area (Å²) in [6.07, 6.45) is 0. The smallest absolute Gasteiger partial charge is 0.0178 e. The van der Waals surface area contributed by atoms with Crippen molar-refractivity contribution in [2.45, 2.75) is 31.4 Å². The number of benzene rings is 1. The highest BCUT2D eigenvalue weighted by atomic mass is 79.9. The van der Waals surface area contributed by atoms with E-state index in [1.165, 1.54) is 5.56 Å². The van der Waals surface area contributed by atoms with Gasteiger partial charge in [-0.05, 0) is 17.7 Å². The molecule has 0 aliphatic carbocycles. The third-order valence-electron chi connectivity index (χ3n) is 2.61. The first-order valence-corrected chi connectivity index (χ1v) is 5.69. The minimum atomic E-state index is 0.118. The van der Waals surface area contributed by atoms with Crippen LogP contribution in [-0.2, 0) is 5.41 Å². The number of hydrogen-bond acceptors (Lipinski definition) is 1. The highest BCUT2D eigenvalue weighted by molar-refractivity contribution is 9.10. The Morgan fingerprint density at radius 3 is 2.46 bits per heavy atom. The molecule has 0 fully saturated rings. The van der Waals surface area contributed by atoms with Gasteiger partial charge in [0.2, 0.25) is 0 Å². The van der Waals surface area contributed by atoms with Crippen molar-refractivity contribution in [1.82, 2.24) is 0 Å². The van der Waals surface area contributed by atoms with Gasteiger partial charge < -0.3 is 0 Å². The summed E-state index contributed by atoms with van der Waals surface area (Å²) < 4.78 is 1.13. The van der Waals surface area contributed by atoms with Crippen LogP contribution in [0.15, 0.2) is 28.7 Å². The zero-order chi connectivity index (χ0) is 10.1. The van der Waals surface area contributed by atoms with Crippen LogP contribution >= 0.6 is 28.6 Å². The van der Waals surface area contributed by atoms with Gasteiger partial charge in [0.1, 0.15) is 0 Å². The Kier molecular flexibility index (Phi) is 3.47. The quantitative estimate of drug-likeness (QED) is 0.761. The molecule has 0 aromatic heterocycles. The second-order valence-electron chi connectivity index (χ2n) is 3.91. The zero-order valence-corrected chi connectivity index (χ0v) is 10.7. The Hall–Kier alpha value is 0.0500. The summed E-state index contributed by atoms with van der Waals surface area (Å²) in [5.41, 5.74) is 1.44. The number of thiol groups is 1. The maximum atomic E-state index is 4.51. The van der Waals surface area contributed by atoms with Crippen molar-refractivity contribution in [3.05, 3.63) is 34.3 Å². The van der Waals surface area contributed by atoms with Crippen LogP contribution in [-0.4, -0.2) is 5.25 Å². The van der Waals surface area contributed by atoms with E-state index in [-0.39, 0.29) is 5.41 Å². The summed E-state index contributed by atoms with van der Waals surface area (Å²) in [7, 11) is 0. The Morgan fingerprint density at radius 2 is 2.00 bits per heavy atom. The SMILES string of the molecule is CC(S)C(C)(C)c1cccc(Br)c1. The Bertz CT molecular complexity index is 292. The molecule has 0 saturated carbocycles. The van der Waals surface area contributed by atoms with E-state index in [2.05, 4.69) is 67.5 Å². The Labute approximate surface area is 94.3 Å². The summed E-state index contributed by atoms with van der Waals surface area (Å²) in [6, 6.07) is 8.42. The minimum absolute atomic E-state index is 0.118. The van der Waals surface area contributed by atoms with Gasteiger partial charge in [0.15, 0.2) is 0 Å². The lowest BCUT2D eigenvalue weighted by atomic mass is 9.82. The molecule has 0 aliphatic rings. The molecule has 0 amide bonds. The first kappa shape index (κ1) is 11.1. The van der Waals surface area contributed by atoms with E-state index in [0.29, 0.717) is 5.25 Å². The highest BCUT2D eigenvalue weighted by Crippen LogP contribution is 2.31. The van der Waals surface area contributed by atoms with Crippen LogP contribution in [0.4, 0.5) is 0 Å². The predicted octanol–water partition coefficient (Wildman–Crippen LogP) is 4.05. The van der Waals surface area contributed by atoms with Gasteiger partial charge in [0.25, 0.3) is 0 Å². The summed E-state index contributed by atoms with van der Waals surface area (Å²) >= 11 is 7.99. The first-order chi connectivity index (χ1) is 5.94. The molecule has 0 bridgehead atoms. The number of rotatable bonds is 2. The van der Waals surface area contributed by atoms with Gasteiger partial charge in [-0.15, -0.1) is 0 Å². The molecule has 1 atom stereocenters. The van der Waals surface area contributed by atoms with Crippen LogP contribution in [0.5, 0.6) is 0 Å². The molecule has 13 heavy (non-hydrogen) atoms. The number of hydrogen-bond donors (Lipinski definition) is 1. The lowest BCUT2D eigenvalue weighted by Gasteiger charge is -2.29. The van der Waals surface area contributed by atoms with E-state index < -0.39 is 0 Å². The third kappa shape index (κ3) is 2.50. The zero-order valence-electron chi connectivity index (χ0n) is 8.21. The average molecular weight is 259 g/mol. The summed E-state index contributed by atoms with van der Waals surface area (Å²) in [5.74, 6) is 0. The fourth-order valence-electron chi connectivity index (χ4n) is 1.13. The molecule has 0 nitrogen and oxygen atoms in total. The largest absolute Gasteiger partial charge is 0.175 e. The molecule has 0 aliphatic heterocycles. The lowest BCUT2D eigenvalue weighted by Crippen LogP contribution is -2.26. The predicted molar refractivity (Wildman–Crippen MR) is 65.6 cm³/mol. The van der Waals surface area contributed by atoms with Crippen molar-refractivity contribution in [3.63, 3.8) is 0 Å². The Morgan fingerprint density at radius 1 is 1.38 bits per heavy atom. The molecule has 0 radical (unpaired) electrons. The molecule has 1 aromatic rings. The van der Waals surface area contributed by atoms with Crippen LogP contribution in [0, 0.1) is 0 Å². The fourth-order valence-corrected chi connectivity index (χ4v) is 1.68. The van der Waals surface area contributed by atoms with Crippen molar-refractivity contribution in [3.8, 4) is 0 Å². The molecule has 1 aromatic carbocycles. The van der Waals surface area contributed by atoms with Crippen LogP contribution < -0.4 is 0 Å². The number of halogens is 1. The van der Waals surface area contributed by atoms with Crippen LogP contribution in [0.1, 0.15) is 26.3 Å². The molecule has 2 heteroatoms. The van der Waals surface area contributed by atoms with E-state index in [1.54, 1.807) is 0 Å². The average Bonchev–Trinajstić information content (AvgIpc) is 2.04. The first-order valence-electron chi connectivity index (χ1n) is 4.38. The molecule has 0 N–H and O–H groups in total. The van der Waals surface area contributed by atoms with E-state index >= 15 is 0 Å². The van der Waals surface area contributed by atoms with Gasteiger partial charge in [0.05, 0.1) is 0 Å². The molecule has 0 heterocycles. The third-order valence-corrected chi connectivity index (χ3v) is 3.75. The topological polar surface area (TPSA) is 0 Å². The maximum absolute atomic E-state index is 4.51. The van der Waals surface area contributed by atoms with Crippen molar-refractivity contribution in [1.29, 1.82) is 0 Å². The van der Waals surface area contributed by atoms with E-state index in [1.807, 2.05) is 6.07 Å². The van der Waals surface area contributed by atoms with Gasteiger partial charge in [-0.2, -0.15) is 12.6 Å². The normalized spacial score (nSPS) is 14.2. The lowest BCUT2D eigenvalue weighted by molar-refractivity contribution is 0.522. The molecule has 0 saturated heterocycles. The Balaban J connectivity index is 3.07.